The van der Waals surface area contributed by atoms with Crippen molar-refractivity contribution in [1.82, 2.24) is 4.98 Å². The summed E-state index contributed by atoms with van der Waals surface area (Å²) in [5, 5.41) is -0.537. The maximum atomic E-state index is 11.7. The number of hydrogen-bond donors (Lipinski definition) is 2. The molecule has 0 aliphatic heterocycles. The van der Waals surface area contributed by atoms with Crippen molar-refractivity contribution in [3.8, 4) is 0 Å². The highest BCUT2D eigenvalue weighted by molar-refractivity contribution is 7.95. The molecule has 5 nitrogen and oxygen atoms in total. The van der Waals surface area contributed by atoms with Gasteiger partial charge in [-0.25, -0.2) is 13.4 Å². The van der Waals surface area contributed by atoms with Crippen molar-refractivity contribution >= 4 is 44.6 Å². The van der Waals surface area contributed by atoms with Gasteiger partial charge in [0.15, 0.2) is 0 Å². The average Bonchev–Trinajstić information content (AvgIpc) is 2.20. The molecule has 0 aliphatic rings. The number of hydrogen-bond acceptors (Lipinski definition) is 4. The fourth-order valence-corrected chi connectivity index (χ4v) is 2.21. The largest absolute Gasteiger partial charge is 0.392 e. The summed E-state index contributed by atoms with van der Waals surface area (Å²) in [5.74, 6) is 0.174. The minimum Gasteiger partial charge on any atom is -0.392 e. The van der Waals surface area contributed by atoms with E-state index in [9.17, 15) is 8.42 Å². The number of aromatic nitrogens is 1. The Morgan fingerprint density at radius 1 is 1.62 bits per heavy atom. The van der Waals surface area contributed by atoms with Crippen LogP contribution in [0.2, 0.25) is 5.02 Å². The van der Waals surface area contributed by atoms with Gasteiger partial charge < -0.3 is 5.73 Å². The fourth-order valence-electron chi connectivity index (χ4n) is 0.823. The smallest absolute Gasteiger partial charge is 0.243 e. The highest BCUT2D eigenvalue weighted by Gasteiger charge is 2.23. The molecule has 0 saturated carbocycles. The normalized spacial score (nSPS) is 13.1. The summed E-state index contributed by atoms with van der Waals surface area (Å²) in [5.41, 5.74) is 5.27. The number of sulfonamides is 1. The number of halogens is 1. The highest BCUT2D eigenvalue weighted by Crippen LogP contribution is 2.12. The van der Waals surface area contributed by atoms with E-state index in [1.165, 1.54) is 25.3 Å². The molecule has 16 heavy (non-hydrogen) atoms. The van der Waals surface area contributed by atoms with Gasteiger partial charge in [-0.15, -0.1) is 0 Å². The lowest BCUT2D eigenvalue weighted by molar-refractivity contribution is 0.598. The van der Waals surface area contributed by atoms with E-state index >= 15 is 0 Å². The first-order valence-electron chi connectivity index (χ1n) is 4.25. The van der Waals surface area contributed by atoms with Crippen molar-refractivity contribution in [2.24, 2.45) is 5.73 Å². The predicted molar refractivity (Wildman–Crippen MR) is 68.0 cm³/mol. The number of rotatable bonds is 4. The van der Waals surface area contributed by atoms with Crippen molar-refractivity contribution in [3.63, 3.8) is 0 Å². The number of pyridine rings is 1. The maximum absolute atomic E-state index is 11.7. The first kappa shape index (κ1) is 13.1. The minimum atomic E-state index is -3.65. The molecule has 1 unspecified atom stereocenters. The molecular weight excluding hydrogens is 270 g/mol. The first-order chi connectivity index (χ1) is 7.33. The van der Waals surface area contributed by atoms with Gasteiger partial charge in [-0.05, 0) is 19.1 Å². The van der Waals surface area contributed by atoms with E-state index in [4.69, 9.17) is 17.3 Å². The molecular formula is C8H10ClN3O2S2. The van der Waals surface area contributed by atoms with Crippen LogP contribution in [0.4, 0.5) is 5.82 Å². The van der Waals surface area contributed by atoms with Crippen LogP contribution in [0.5, 0.6) is 0 Å². The number of nitrogens with zero attached hydrogens (tertiary/aromatic N) is 1. The van der Waals surface area contributed by atoms with Gasteiger partial charge in [0, 0.05) is 6.20 Å². The van der Waals surface area contributed by atoms with E-state index in [0.717, 1.165) is 0 Å². The zero-order chi connectivity index (χ0) is 12.3. The Hall–Kier alpha value is -0.920. The molecule has 88 valence electrons. The van der Waals surface area contributed by atoms with Gasteiger partial charge in [0.1, 0.15) is 11.1 Å². The molecule has 1 aromatic rings. The molecule has 1 aromatic heterocycles. The Morgan fingerprint density at radius 3 is 2.69 bits per heavy atom. The molecule has 1 atom stereocenters. The lowest BCUT2D eigenvalue weighted by atomic mass is 10.5. The van der Waals surface area contributed by atoms with Crippen molar-refractivity contribution in [2.45, 2.75) is 12.2 Å². The molecule has 0 spiro atoms. The highest BCUT2D eigenvalue weighted by atomic mass is 35.5. The summed E-state index contributed by atoms with van der Waals surface area (Å²) >= 11 is 10.2. The van der Waals surface area contributed by atoms with Crippen molar-refractivity contribution < 1.29 is 8.42 Å². The summed E-state index contributed by atoms with van der Waals surface area (Å²) < 4.78 is 25.6. The number of nitrogens with two attached hydrogens (primary N) is 1. The van der Waals surface area contributed by atoms with Gasteiger partial charge in [0.05, 0.1) is 10.0 Å². The van der Waals surface area contributed by atoms with Crippen LogP contribution in [-0.4, -0.2) is 23.6 Å². The topological polar surface area (TPSA) is 85.1 Å². The minimum absolute atomic E-state index is 0.0959. The molecule has 1 heterocycles. The van der Waals surface area contributed by atoms with E-state index in [1.807, 2.05) is 0 Å². The third kappa shape index (κ3) is 3.29. The zero-order valence-electron chi connectivity index (χ0n) is 8.34. The van der Waals surface area contributed by atoms with Gasteiger partial charge in [-0.2, -0.15) is 0 Å². The van der Waals surface area contributed by atoms with Crippen LogP contribution in [0, 0.1) is 0 Å². The van der Waals surface area contributed by atoms with Crippen LogP contribution in [0.25, 0.3) is 0 Å². The lowest BCUT2D eigenvalue weighted by Gasteiger charge is -2.12. The second-order valence-electron chi connectivity index (χ2n) is 3.05. The molecule has 3 N–H and O–H groups in total. The van der Waals surface area contributed by atoms with Crippen LogP contribution in [0.15, 0.2) is 18.3 Å². The monoisotopic (exact) mass is 279 g/mol. The van der Waals surface area contributed by atoms with Gasteiger partial charge in [-0.1, -0.05) is 23.8 Å². The predicted octanol–water partition coefficient (Wildman–Crippen LogP) is 1.15. The van der Waals surface area contributed by atoms with Crippen LogP contribution in [0.1, 0.15) is 6.92 Å². The van der Waals surface area contributed by atoms with Gasteiger partial charge in [0.2, 0.25) is 10.0 Å². The SMILES string of the molecule is CC(C(N)=S)S(=O)(=O)Nc1ccc(Cl)cn1. The Morgan fingerprint density at radius 2 is 2.25 bits per heavy atom. The van der Waals surface area contributed by atoms with Crippen molar-refractivity contribution in [2.75, 3.05) is 4.72 Å². The van der Waals surface area contributed by atoms with Crippen molar-refractivity contribution in [3.05, 3.63) is 23.4 Å². The van der Waals surface area contributed by atoms with Crippen molar-refractivity contribution in [1.29, 1.82) is 0 Å². The number of thiocarbonyl (C=S) groups is 1. The van der Waals surface area contributed by atoms with Crippen LogP contribution in [-0.2, 0) is 10.0 Å². The molecule has 0 fully saturated rings. The van der Waals surface area contributed by atoms with Gasteiger partial charge in [-0.3, -0.25) is 4.72 Å². The standard InChI is InChI=1S/C8H10ClN3O2S2/c1-5(8(10)15)16(13,14)12-7-3-2-6(9)4-11-7/h2-5H,1H3,(H2,10,15)(H,11,12). The van der Waals surface area contributed by atoms with E-state index in [1.54, 1.807) is 0 Å². The van der Waals surface area contributed by atoms with E-state index < -0.39 is 15.3 Å². The second kappa shape index (κ2) is 4.94. The maximum Gasteiger partial charge on any atom is 0.243 e. The van der Waals surface area contributed by atoms with Crippen LogP contribution >= 0.6 is 23.8 Å². The molecule has 0 saturated heterocycles. The second-order valence-corrected chi connectivity index (χ2v) is 5.96. The quantitative estimate of drug-likeness (QED) is 0.808. The van der Waals surface area contributed by atoms with Gasteiger partial charge in [0.25, 0.3) is 0 Å². The first-order valence-corrected chi connectivity index (χ1v) is 6.58. The van der Waals surface area contributed by atoms with E-state index in [2.05, 4.69) is 21.9 Å². The van der Waals surface area contributed by atoms with E-state index in [-0.39, 0.29) is 10.8 Å². The third-order valence-electron chi connectivity index (χ3n) is 1.84. The molecule has 0 radical (unpaired) electrons. The molecule has 1 rings (SSSR count). The Labute approximate surface area is 104 Å². The number of anilines is 1. The van der Waals surface area contributed by atoms with Gasteiger partial charge >= 0.3 is 0 Å². The fraction of sp³-hybridized carbons (Fsp3) is 0.250. The molecule has 8 heteroatoms. The Bertz CT molecular complexity index is 487. The average molecular weight is 280 g/mol. The molecule has 0 aromatic carbocycles. The van der Waals surface area contributed by atoms with Crippen LogP contribution < -0.4 is 10.5 Å². The Kier molecular flexibility index (Phi) is 4.06. The summed E-state index contributed by atoms with van der Waals surface area (Å²) in [7, 11) is -3.65. The molecule has 0 bridgehead atoms. The summed E-state index contributed by atoms with van der Waals surface area (Å²) in [6.45, 7) is 1.40. The Balaban J connectivity index is 2.89. The summed E-state index contributed by atoms with van der Waals surface area (Å²) in [6.07, 6.45) is 1.34. The molecule has 0 amide bonds. The third-order valence-corrected chi connectivity index (χ3v) is 4.25. The summed E-state index contributed by atoms with van der Waals surface area (Å²) in [4.78, 5) is 3.70. The number of nitrogens with one attached hydrogen (secondary N) is 1. The van der Waals surface area contributed by atoms with E-state index in [0.29, 0.717) is 5.02 Å². The summed E-state index contributed by atoms with van der Waals surface area (Å²) in [6, 6.07) is 2.98. The lowest BCUT2D eigenvalue weighted by Crippen LogP contribution is -2.35. The zero-order valence-corrected chi connectivity index (χ0v) is 10.7. The van der Waals surface area contributed by atoms with Crippen LogP contribution in [0.3, 0.4) is 0 Å². The molecule has 0 aliphatic carbocycles.